The number of nitrogens with two attached hydrogens (primary N) is 1. The zero-order valence-corrected chi connectivity index (χ0v) is 10.7. The lowest BCUT2D eigenvalue weighted by Gasteiger charge is -2.40. The Morgan fingerprint density at radius 1 is 1.50 bits per heavy atom. The standard InChI is InChI=1S/C12H19N3O3/c1-12(2)11(18)14-9(16)6-15(12)10(17)5-8(13)7-3-4-7/h7-8H,3-6,13H2,1-2H3,(H,14,16,18). The summed E-state index contributed by atoms with van der Waals surface area (Å²) in [4.78, 5) is 36.6. The molecule has 2 aliphatic rings. The molecule has 100 valence electrons. The molecule has 0 radical (unpaired) electrons. The lowest BCUT2D eigenvalue weighted by atomic mass is 9.97. The Bertz CT molecular complexity index is 401. The number of piperazine rings is 1. The van der Waals surface area contributed by atoms with Crippen LogP contribution in [0.1, 0.15) is 33.1 Å². The van der Waals surface area contributed by atoms with Crippen molar-refractivity contribution in [2.75, 3.05) is 6.54 Å². The molecule has 2 rings (SSSR count). The Hall–Kier alpha value is -1.43. The fraction of sp³-hybridized carbons (Fsp3) is 0.750. The first-order valence-corrected chi connectivity index (χ1v) is 6.22. The van der Waals surface area contributed by atoms with Crippen LogP contribution in [0.25, 0.3) is 0 Å². The summed E-state index contributed by atoms with van der Waals surface area (Å²) in [5.41, 5.74) is 4.92. The Balaban J connectivity index is 2.06. The van der Waals surface area contributed by atoms with Crippen LogP contribution < -0.4 is 11.1 Å². The molecular formula is C12H19N3O3. The number of rotatable bonds is 3. The van der Waals surface area contributed by atoms with Gasteiger partial charge >= 0.3 is 0 Å². The Morgan fingerprint density at radius 2 is 2.11 bits per heavy atom. The molecule has 3 amide bonds. The lowest BCUT2D eigenvalue weighted by Crippen LogP contribution is -2.65. The normalized spacial score (nSPS) is 24.7. The molecule has 1 heterocycles. The molecule has 6 heteroatoms. The summed E-state index contributed by atoms with van der Waals surface area (Å²) < 4.78 is 0. The number of carbonyl (C=O) groups is 3. The van der Waals surface area contributed by atoms with Gasteiger partial charge in [0, 0.05) is 12.5 Å². The van der Waals surface area contributed by atoms with Gasteiger partial charge < -0.3 is 10.6 Å². The number of amides is 3. The van der Waals surface area contributed by atoms with Crippen LogP contribution in [0.5, 0.6) is 0 Å². The summed E-state index contributed by atoms with van der Waals surface area (Å²) in [5.74, 6) is -0.672. The van der Waals surface area contributed by atoms with Crippen LogP contribution >= 0.6 is 0 Å². The molecule has 18 heavy (non-hydrogen) atoms. The van der Waals surface area contributed by atoms with Crippen LogP contribution in [-0.4, -0.2) is 40.7 Å². The number of imide groups is 1. The molecule has 3 N–H and O–H groups in total. The molecule has 1 aliphatic heterocycles. The number of nitrogens with one attached hydrogen (secondary N) is 1. The smallest absolute Gasteiger partial charge is 0.252 e. The fourth-order valence-electron chi connectivity index (χ4n) is 2.19. The van der Waals surface area contributed by atoms with E-state index in [2.05, 4.69) is 5.32 Å². The van der Waals surface area contributed by atoms with Crippen LogP contribution in [-0.2, 0) is 14.4 Å². The van der Waals surface area contributed by atoms with E-state index in [1.807, 2.05) is 0 Å². The number of hydrogen-bond acceptors (Lipinski definition) is 4. The van der Waals surface area contributed by atoms with Gasteiger partial charge in [-0.1, -0.05) is 0 Å². The third-order valence-corrected chi connectivity index (χ3v) is 3.72. The molecule has 1 unspecified atom stereocenters. The molecule has 0 aromatic heterocycles. The molecular weight excluding hydrogens is 234 g/mol. The molecule has 0 aromatic carbocycles. The van der Waals surface area contributed by atoms with Gasteiger partial charge in [0.15, 0.2) is 0 Å². The van der Waals surface area contributed by atoms with Crippen molar-refractivity contribution in [3.05, 3.63) is 0 Å². The van der Waals surface area contributed by atoms with E-state index >= 15 is 0 Å². The Labute approximate surface area is 106 Å². The average molecular weight is 253 g/mol. The SMILES string of the molecule is CC1(C)C(=O)NC(=O)CN1C(=O)CC(N)C1CC1. The summed E-state index contributed by atoms with van der Waals surface area (Å²) in [6.45, 7) is 3.19. The topological polar surface area (TPSA) is 92.5 Å². The zero-order chi connectivity index (χ0) is 13.5. The van der Waals surface area contributed by atoms with Crippen LogP contribution in [0.2, 0.25) is 0 Å². The predicted octanol–water partition coefficient (Wildman–Crippen LogP) is -0.623. The highest BCUT2D eigenvalue weighted by molar-refractivity contribution is 6.06. The van der Waals surface area contributed by atoms with Crippen LogP contribution in [0, 0.1) is 5.92 Å². The van der Waals surface area contributed by atoms with E-state index in [0.717, 1.165) is 12.8 Å². The molecule has 2 fully saturated rings. The summed E-state index contributed by atoms with van der Waals surface area (Å²) in [7, 11) is 0. The molecule has 1 atom stereocenters. The first kappa shape index (κ1) is 13.0. The predicted molar refractivity (Wildman–Crippen MR) is 64.3 cm³/mol. The van der Waals surface area contributed by atoms with Crippen molar-refractivity contribution in [2.24, 2.45) is 11.7 Å². The first-order valence-electron chi connectivity index (χ1n) is 6.22. The number of hydrogen-bond donors (Lipinski definition) is 2. The molecule has 1 saturated heterocycles. The summed E-state index contributed by atoms with van der Waals surface area (Å²) in [6.07, 6.45) is 2.34. The van der Waals surface area contributed by atoms with Gasteiger partial charge in [0.05, 0.1) is 0 Å². The minimum Gasteiger partial charge on any atom is -0.327 e. The fourth-order valence-corrected chi connectivity index (χ4v) is 2.19. The van der Waals surface area contributed by atoms with Gasteiger partial charge in [-0.25, -0.2) is 0 Å². The van der Waals surface area contributed by atoms with Crippen molar-refractivity contribution in [1.82, 2.24) is 10.2 Å². The molecule has 0 bridgehead atoms. The number of nitrogens with zero attached hydrogens (tertiary/aromatic N) is 1. The van der Waals surface area contributed by atoms with E-state index in [9.17, 15) is 14.4 Å². The van der Waals surface area contributed by atoms with Gasteiger partial charge in [-0.05, 0) is 32.6 Å². The maximum absolute atomic E-state index is 12.2. The lowest BCUT2D eigenvalue weighted by molar-refractivity contribution is -0.155. The largest absolute Gasteiger partial charge is 0.327 e. The van der Waals surface area contributed by atoms with E-state index in [1.165, 1.54) is 4.90 Å². The Kier molecular flexibility index (Phi) is 3.14. The minimum absolute atomic E-state index is 0.0744. The monoisotopic (exact) mass is 253 g/mol. The van der Waals surface area contributed by atoms with E-state index < -0.39 is 17.4 Å². The van der Waals surface area contributed by atoms with E-state index in [4.69, 9.17) is 5.73 Å². The third-order valence-electron chi connectivity index (χ3n) is 3.72. The van der Waals surface area contributed by atoms with Crippen molar-refractivity contribution >= 4 is 17.7 Å². The van der Waals surface area contributed by atoms with E-state index in [0.29, 0.717) is 5.92 Å². The summed E-state index contributed by atoms with van der Waals surface area (Å²) >= 11 is 0. The van der Waals surface area contributed by atoms with E-state index in [-0.39, 0.29) is 24.9 Å². The second-order valence-corrected chi connectivity index (χ2v) is 5.62. The average Bonchev–Trinajstić information content (AvgIpc) is 3.07. The van der Waals surface area contributed by atoms with Crippen LogP contribution in [0.4, 0.5) is 0 Å². The summed E-state index contributed by atoms with van der Waals surface area (Å²) in [6, 6.07) is -0.159. The second kappa shape index (κ2) is 4.35. The van der Waals surface area contributed by atoms with Crippen molar-refractivity contribution in [3.8, 4) is 0 Å². The van der Waals surface area contributed by atoms with Crippen molar-refractivity contribution in [1.29, 1.82) is 0 Å². The highest BCUT2D eigenvalue weighted by atomic mass is 16.2. The van der Waals surface area contributed by atoms with Crippen molar-refractivity contribution < 1.29 is 14.4 Å². The van der Waals surface area contributed by atoms with Gasteiger partial charge in [-0.15, -0.1) is 0 Å². The first-order chi connectivity index (χ1) is 8.32. The minimum atomic E-state index is -0.992. The van der Waals surface area contributed by atoms with Gasteiger partial charge in [0.25, 0.3) is 5.91 Å². The number of carbonyl (C=O) groups excluding carboxylic acids is 3. The molecule has 1 saturated carbocycles. The maximum atomic E-state index is 12.2. The highest BCUT2D eigenvalue weighted by Gasteiger charge is 2.44. The van der Waals surface area contributed by atoms with Crippen molar-refractivity contribution in [3.63, 3.8) is 0 Å². The third kappa shape index (κ3) is 2.38. The van der Waals surface area contributed by atoms with E-state index in [1.54, 1.807) is 13.8 Å². The van der Waals surface area contributed by atoms with Crippen LogP contribution in [0.3, 0.4) is 0 Å². The zero-order valence-electron chi connectivity index (χ0n) is 10.7. The van der Waals surface area contributed by atoms with Gasteiger partial charge in [-0.2, -0.15) is 0 Å². The second-order valence-electron chi connectivity index (χ2n) is 5.62. The molecule has 0 spiro atoms. The molecule has 6 nitrogen and oxygen atoms in total. The quantitative estimate of drug-likeness (QED) is 0.655. The van der Waals surface area contributed by atoms with Crippen molar-refractivity contribution in [2.45, 2.75) is 44.7 Å². The maximum Gasteiger partial charge on any atom is 0.252 e. The molecule has 0 aromatic rings. The Morgan fingerprint density at radius 3 is 2.67 bits per heavy atom. The van der Waals surface area contributed by atoms with Crippen LogP contribution in [0.15, 0.2) is 0 Å². The summed E-state index contributed by atoms with van der Waals surface area (Å²) in [5, 5.41) is 2.24. The highest BCUT2D eigenvalue weighted by Crippen LogP contribution is 2.33. The van der Waals surface area contributed by atoms with Gasteiger partial charge in [-0.3, -0.25) is 19.7 Å². The molecule has 1 aliphatic carbocycles. The van der Waals surface area contributed by atoms with Gasteiger partial charge in [0.2, 0.25) is 11.8 Å². The van der Waals surface area contributed by atoms with Gasteiger partial charge in [0.1, 0.15) is 12.1 Å².